The highest BCUT2D eigenvalue weighted by Gasteiger charge is 2.20. The molecule has 4 rings (SSSR count). The maximum absolute atomic E-state index is 12.4. The summed E-state index contributed by atoms with van der Waals surface area (Å²) in [6.07, 6.45) is 1.55. The van der Waals surface area contributed by atoms with Crippen molar-refractivity contribution in [2.24, 2.45) is 4.99 Å². The van der Waals surface area contributed by atoms with Crippen LogP contribution in [-0.4, -0.2) is 20.4 Å². The van der Waals surface area contributed by atoms with Crippen molar-refractivity contribution in [3.8, 4) is 11.6 Å². The third-order valence-electron chi connectivity index (χ3n) is 4.37. The lowest BCUT2D eigenvalue weighted by Crippen LogP contribution is -2.30. The van der Waals surface area contributed by atoms with E-state index in [0.29, 0.717) is 16.3 Å². The zero-order chi connectivity index (χ0) is 19.1. The molecule has 0 radical (unpaired) electrons. The Labute approximate surface area is 158 Å². The number of benzene rings is 2. The molecule has 6 nitrogen and oxygen atoms in total. The van der Waals surface area contributed by atoms with Gasteiger partial charge in [0.15, 0.2) is 0 Å². The first kappa shape index (κ1) is 17.1. The van der Waals surface area contributed by atoms with E-state index in [1.54, 1.807) is 30.3 Å². The van der Waals surface area contributed by atoms with E-state index in [9.17, 15) is 14.7 Å². The van der Waals surface area contributed by atoms with Crippen molar-refractivity contribution >= 4 is 34.6 Å². The van der Waals surface area contributed by atoms with E-state index in [1.165, 1.54) is 0 Å². The number of para-hydroxylation sites is 1. The SMILES string of the molecule is CC1=Nc2ccccc2/C1=C/c1c(O)n(-c2ccc(Cl)cc2)c(=O)[nH]c1=O. The van der Waals surface area contributed by atoms with Crippen LogP contribution in [0.25, 0.3) is 17.3 Å². The molecule has 27 heavy (non-hydrogen) atoms. The van der Waals surface area contributed by atoms with Crippen molar-refractivity contribution in [3.63, 3.8) is 0 Å². The molecule has 0 saturated heterocycles. The predicted molar refractivity (Wildman–Crippen MR) is 106 cm³/mol. The van der Waals surface area contributed by atoms with Gasteiger partial charge in [0.2, 0.25) is 5.88 Å². The first-order valence-corrected chi connectivity index (χ1v) is 8.54. The van der Waals surface area contributed by atoms with Crippen LogP contribution in [0.4, 0.5) is 5.69 Å². The normalized spacial score (nSPS) is 14.3. The summed E-state index contributed by atoms with van der Waals surface area (Å²) in [6.45, 7) is 1.83. The summed E-state index contributed by atoms with van der Waals surface area (Å²) in [5, 5.41) is 11.2. The molecular weight excluding hydrogens is 366 g/mol. The molecule has 0 amide bonds. The number of aromatic hydroxyl groups is 1. The van der Waals surface area contributed by atoms with Gasteiger partial charge in [-0.05, 0) is 43.3 Å². The Hall–Kier alpha value is -3.38. The molecule has 0 bridgehead atoms. The van der Waals surface area contributed by atoms with Gasteiger partial charge in [-0.1, -0.05) is 29.8 Å². The van der Waals surface area contributed by atoms with Gasteiger partial charge in [-0.3, -0.25) is 14.8 Å². The quantitative estimate of drug-likeness (QED) is 0.714. The summed E-state index contributed by atoms with van der Waals surface area (Å²) in [7, 11) is 0. The molecule has 0 fully saturated rings. The van der Waals surface area contributed by atoms with Crippen molar-refractivity contribution in [2.75, 3.05) is 0 Å². The summed E-state index contributed by atoms with van der Waals surface area (Å²) in [4.78, 5) is 31.4. The summed E-state index contributed by atoms with van der Waals surface area (Å²) in [6, 6.07) is 13.9. The van der Waals surface area contributed by atoms with Gasteiger partial charge in [0, 0.05) is 21.9 Å². The van der Waals surface area contributed by atoms with E-state index in [0.717, 1.165) is 21.5 Å². The van der Waals surface area contributed by atoms with Gasteiger partial charge in [0.25, 0.3) is 5.56 Å². The zero-order valence-electron chi connectivity index (χ0n) is 14.2. The molecule has 7 heteroatoms. The largest absolute Gasteiger partial charge is 0.494 e. The number of hydrogen-bond acceptors (Lipinski definition) is 4. The van der Waals surface area contributed by atoms with Crippen LogP contribution in [0.3, 0.4) is 0 Å². The summed E-state index contributed by atoms with van der Waals surface area (Å²) in [5.74, 6) is -0.448. The second-order valence-corrected chi connectivity index (χ2v) is 6.52. The number of nitrogens with zero attached hydrogens (tertiary/aromatic N) is 2. The first-order valence-electron chi connectivity index (χ1n) is 8.16. The molecule has 3 aromatic rings. The van der Waals surface area contributed by atoms with Crippen LogP contribution in [0.1, 0.15) is 18.1 Å². The third-order valence-corrected chi connectivity index (χ3v) is 4.62. The number of aromatic nitrogens is 2. The number of H-pyrrole nitrogens is 1. The minimum atomic E-state index is -0.737. The van der Waals surface area contributed by atoms with Gasteiger partial charge in [-0.15, -0.1) is 0 Å². The fraction of sp³-hybridized carbons (Fsp3) is 0.0500. The van der Waals surface area contributed by atoms with E-state index >= 15 is 0 Å². The van der Waals surface area contributed by atoms with Crippen molar-refractivity contribution < 1.29 is 5.11 Å². The van der Waals surface area contributed by atoms with Crippen LogP contribution in [0.2, 0.25) is 5.02 Å². The fourth-order valence-electron chi connectivity index (χ4n) is 3.06. The highest BCUT2D eigenvalue weighted by Crippen LogP contribution is 2.36. The van der Waals surface area contributed by atoms with Gasteiger partial charge in [-0.25, -0.2) is 9.36 Å². The molecule has 2 aromatic carbocycles. The molecule has 2 N–H and O–H groups in total. The molecule has 0 spiro atoms. The van der Waals surface area contributed by atoms with Crippen LogP contribution < -0.4 is 11.2 Å². The Balaban J connectivity index is 1.94. The molecule has 0 saturated carbocycles. The lowest BCUT2D eigenvalue weighted by Gasteiger charge is -2.10. The Kier molecular flexibility index (Phi) is 4.05. The van der Waals surface area contributed by atoms with E-state index < -0.39 is 17.1 Å². The highest BCUT2D eigenvalue weighted by molar-refractivity contribution is 6.31. The van der Waals surface area contributed by atoms with Crippen molar-refractivity contribution in [3.05, 3.63) is 85.5 Å². The van der Waals surface area contributed by atoms with Crippen molar-refractivity contribution in [2.45, 2.75) is 6.92 Å². The van der Waals surface area contributed by atoms with Crippen molar-refractivity contribution in [1.29, 1.82) is 0 Å². The fourth-order valence-corrected chi connectivity index (χ4v) is 3.19. The van der Waals surface area contributed by atoms with Crippen LogP contribution in [0.5, 0.6) is 5.88 Å². The average Bonchev–Trinajstić information content (AvgIpc) is 2.95. The van der Waals surface area contributed by atoms with Gasteiger partial charge in [0.1, 0.15) is 5.56 Å². The number of allylic oxidation sites excluding steroid dienone is 1. The Morgan fingerprint density at radius 1 is 1.11 bits per heavy atom. The molecule has 134 valence electrons. The van der Waals surface area contributed by atoms with E-state index in [4.69, 9.17) is 11.6 Å². The van der Waals surface area contributed by atoms with Gasteiger partial charge in [0.05, 0.1) is 11.4 Å². The molecule has 0 unspecified atom stereocenters. The van der Waals surface area contributed by atoms with E-state index in [-0.39, 0.29) is 5.56 Å². The Bertz CT molecular complexity index is 1230. The van der Waals surface area contributed by atoms with Crippen molar-refractivity contribution in [1.82, 2.24) is 9.55 Å². The number of rotatable bonds is 2. The van der Waals surface area contributed by atoms with Gasteiger partial charge in [-0.2, -0.15) is 0 Å². The number of nitrogens with one attached hydrogen (secondary N) is 1. The average molecular weight is 380 g/mol. The van der Waals surface area contributed by atoms with Crippen LogP contribution >= 0.6 is 11.6 Å². The summed E-state index contributed by atoms with van der Waals surface area (Å²) >= 11 is 5.88. The minimum absolute atomic E-state index is 0.0224. The monoisotopic (exact) mass is 379 g/mol. The molecule has 0 aliphatic carbocycles. The molecule has 1 aromatic heterocycles. The number of aromatic amines is 1. The number of halogens is 1. The first-order chi connectivity index (χ1) is 13.0. The summed E-state index contributed by atoms with van der Waals surface area (Å²) in [5.41, 5.74) is 2.04. The van der Waals surface area contributed by atoms with Crippen LogP contribution in [0, 0.1) is 0 Å². The lowest BCUT2D eigenvalue weighted by molar-refractivity contribution is 0.429. The van der Waals surface area contributed by atoms with Crippen LogP contribution in [-0.2, 0) is 0 Å². The van der Waals surface area contributed by atoms with E-state index in [2.05, 4.69) is 9.98 Å². The second kappa shape index (κ2) is 6.41. The second-order valence-electron chi connectivity index (χ2n) is 6.08. The minimum Gasteiger partial charge on any atom is -0.494 e. The lowest BCUT2D eigenvalue weighted by atomic mass is 10.0. The highest BCUT2D eigenvalue weighted by atomic mass is 35.5. The molecule has 2 heterocycles. The molecule has 0 atom stereocenters. The maximum Gasteiger partial charge on any atom is 0.335 e. The molecule has 1 aliphatic rings. The van der Waals surface area contributed by atoms with Gasteiger partial charge < -0.3 is 5.11 Å². The zero-order valence-corrected chi connectivity index (χ0v) is 15.0. The van der Waals surface area contributed by atoms with E-state index in [1.807, 2.05) is 31.2 Å². The number of hydrogen-bond donors (Lipinski definition) is 2. The summed E-state index contributed by atoms with van der Waals surface area (Å²) < 4.78 is 1.03. The van der Waals surface area contributed by atoms with Gasteiger partial charge >= 0.3 is 5.69 Å². The molecule has 1 aliphatic heterocycles. The Morgan fingerprint density at radius 3 is 2.56 bits per heavy atom. The standard InChI is InChI=1S/C20H14ClN3O3/c1-11-15(14-4-2-3-5-17(14)22-11)10-16-18(25)23-20(27)24(19(16)26)13-8-6-12(21)7-9-13/h2-10,26H,1H3,(H,23,25,27)/b15-10+. The predicted octanol–water partition coefficient (Wildman–Crippen LogP) is 3.53. The maximum atomic E-state index is 12.4. The Morgan fingerprint density at radius 2 is 1.81 bits per heavy atom. The van der Waals surface area contributed by atoms with Crippen LogP contribution in [0.15, 0.2) is 63.1 Å². The molecular formula is C20H14ClN3O3. The third kappa shape index (κ3) is 2.90. The number of fused-ring (bicyclic) bond motifs is 1. The topological polar surface area (TPSA) is 87.4 Å². The smallest absolute Gasteiger partial charge is 0.335 e. The number of aliphatic imine (C=N–C) groups is 1.